The summed E-state index contributed by atoms with van der Waals surface area (Å²) in [6.45, 7) is -0.365. The minimum atomic E-state index is -0.732. The van der Waals surface area contributed by atoms with E-state index in [4.69, 9.17) is 10.2 Å². The number of furan rings is 1. The monoisotopic (exact) mass is 291 g/mol. The van der Waals surface area contributed by atoms with Crippen LogP contribution in [-0.2, 0) is 0 Å². The largest absolute Gasteiger partial charge is 0.467 e. The highest BCUT2D eigenvalue weighted by molar-refractivity contribution is 5.95. The van der Waals surface area contributed by atoms with Crippen LogP contribution >= 0.6 is 0 Å². The van der Waals surface area contributed by atoms with Crippen molar-refractivity contribution in [1.82, 2.24) is 5.32 Å². The summed E-state index contributed by atoms with van der Waals surface area (Å²) in [6.07, 6.45) is 1.41. The number of nitro groups is 1. The number of anilines is 1. The maximum absolute atomic E-state index is 12.1. The molecule has 1 heterocycles. The topological polar surface area (TPSA) is 132 Å². The van der Waals surface area contributed by atoms with Gasteiger partial charge in [-0.3, -0.25) is 14.9 Å². The number of hydrogen-bond acceptors (Lipinski definition) is 6. The summed E-state index contributed by atoms with van der Waals surface area (Å²) >= 11 is 0. The predicted octanol–water partition coefficient (Wildman–Crippen LogP) is 1.23. The average Bonchev–Trinajstić information content (AvgIpc) is 2.98. The van der Waals surface area contributed by atoms with Crippen molar-refractivity contribution >= 4 is 17.3 Å². The molecular formula is C13H13N3O5. The number of nitrogens with two attached hydrogens (primary N) is 1. The Morgan fingerprint density at radius 3 is 2.81 bits per heavy atom. The Balaban J connectivity index is 2.20. The Morgan fingerprint density at radius 1 is 1.48 bits per heavy atom. The molecule has 1 atom stereocenters. The number of nitrogens with zero attached hydrogens (tertiary/aromatic N) is 1. The summed E-state index contributed by atoms with van der Waals surface area (Å²) in [4.78, 5) is 22.2. The molecule has 0 saturated carbocycles. The number of hydrogen-bond donors (Lipinski definition) is 3. The van der Waals surface area contributed by atoms with Crippen LogP contribution in [0.1, 0.15) is 22.2 Å². The predicted molar refractivity (Wildman–Crippen MR) is 73.5 cm³/mol. The third kappa shape index (κ3) is 3.18. The summed E-state index contributed by atoms with van der Waals surface area (Å²) in [7, 11) is 0. The Hall–Kier alpha value is -2.87. The number of nitrogens with one attached hydrogen (secondary N) is 1. The molecule has 1 aromatic carbocycles. The molecule has 2 aromatic rings. The number of aliphatic hydroxyl groups excluding tert-OH is 1. The minimum Gasteiger partial charge on any atom is -0.467 e. The standard InChI is InChI=1S/C13H13N3O5/c14-9-4-3-8(6-11(9)16(19)20)13(18)15-10(7-17)12-2-1-5-21-12/h1-6,10,17H,7,14H2,(H,15,18). The Bertz CT molecular complexity index is 654. The van der Waals surface area contributed by atoms with Gasteiger partial charge in [-0.1, -0.05) is 0 Å². The highest BCUT2D eigenvalue weighted by Gasteiger charge is 2.20. The third-order valence-electron chi connectivity index (χ3n) is 2.86. The van der Waals surface area contributed by atoms with Gasteiger partial charge in [0.15, 0.2) is 0 Å². The van der Waals surface area contributed by atoms with E-state index in [2.05, 4.69) is 5.32 Å². The molecule has 0 radical (unpaired) electrons. The van der Waals surface area contributed by atoms with Crippen molar-refractivity contribution in [3.63, 3.8) is 0 Å². The fraction of sp³-hybridized carbons (Fsp3) is 0.154. The summed E-state index contributed by atoms with van der Waals surface area (Å²) in [5.41, 5.74) is 5.16. The molecule has 8 heteroatoms. The quantitative estimate of drug-likeness (QED) is 0.431. The minimum absolute atomic E-state index is 0.0266. The second-order valence-electron chi connectivity index (χ2n) is 4.25. The van der Waals surface area contributed by atoms with E-state index in [1.165, 1.54) is 18.4 Å². The highest BCUT2D eigenvalue weighted by Crippen LogP contribution is 2.23. The molecule has 4 N–H and O–H groups in total. The fourth-order valence-corrected chi connectivity index (χ4v) is 1.78. The van der Waals surface area contributed by atoms with Crippen LogP contribution < -0.4 is 11.1 Å². The number of carbonyl (C=O) groups excluding carboxylic acids is 1. The fourth-order valence-electron chi connectivity index (χ4n) is 1.78. The lowest BCUT2D eigenvalue weighted by atomic mass is 10.1. The molecule has 0 bridgehead atoms. The van der Waals surface area contributed by atoms with Gasteiger partial charge in [0.25, 0.3) is 11.6 Å². The molecule has 0 fully saturated rings. The van der Waals surface area contributed by atoms with Gasteiger partial charge in [-0.15, -0.1) is 0 Å². The third-order valence-corrected chi connectivity index (χ3v) is 2.86. The molecule has 0 aliphatic heterocycles. The van der Waals surface area contributed by atoms with E-state index in [1.54, 1.807) is 12.1 Å². The van der Waals surface area contributed by atoms with Crippen LogP contribution in [0.4, 0.5) is 11.4 Å². The van der Waals surface area contributed by atoms with E-state index in [-0.39, 0.29) is 23.5 Å². The highest BCUT2D eigenvalue weighted by atomic mass is 16.6. The second kappa shape index (κ2) is 6.06. The summed E-state index contributed by atoms with van der Waals surface area (Å²) in [5.74, 6) is -0.190. The molecule has 21 heavy (non-hydrogen) atoms. The molecular weight excluding hydrogens is 278 g/mol. The smallest absolute Gasteiger partial charge is 0.292 e. The van der Waals surface area contributed by atoms with Crippen LogP contribution in [0.5, 0.6) is 0 Å². The van der Waals surface area contributed by atoms with Gasteiger partial charge in [-0.2, -0.15) is 0 Å². The summed E-state index contributed by atoms with van der Waals surface area (Å²) in [5, 5.41) is 22.6. The maximum Gasteiger partial charge on any atom is 0.292 e. The lowest BCUT2D eigenvalue weighted by molar-refractivity contribution is -0.383. The molecule has 1 aromatic heterocycles. The van der Waals surface area contributed by atoms with E-state index < -0.39 is 16.9 Å². The normalized spacial score (nSPS) is 11.9. The SMILES string of the molecule is Nc1ccc(C(=O)NC(CO)c2ccco2)cc1[N+](=O)[O-]. The molecule has 0 spiro atoms. The Kier molecular flexibility index (Phi) is 4.19. The lowest BCUT2D eigenvalue weighted by Gasteiger charge is -2.14. The molecule has 0 aliphatic rings. The van der Waals surface area contributed by atoms with E-state index in [9.17, 15) is 20.0 Å². The Morgan fingerprint density at radius 2 is 2.24 bits per heavy atom. The number of rotatable bonds is 5. The average molecular weight is 291 g/mol. The van der Waals surface area contributed by atoms with Gasteiger partial charge in [0.05, 0.1) is 17.8 Å². The van der Waals surface area contributed by atoms with Crippen molar-refractivity contribution in [2.75, 3.05) is 12.3 Å². The van der Waals surface area contributed by atoms with Crippen LogP contribution in [0.15, 0.2) is 41.0 Å². The molecule has 8 nitrogen and oxygen atoms in total. The van der Waals surface area contributed by atoms with Gasteiger partial charge >= 0.3 is 0 Å². The van der Waals surface area contributed by atoms with Crippen molar-refractivity contribution in [1.29, 1.82) is 0 Å². The zero-order valence-electron chi connectivity index (χ0n) is 10.9. The van der Waals surface area contributed by atoms with Crippen molar-refractivity contribution in [3.05, 3.63) is 58.0 Å². The number of nitro benzene ring substituents is 1. The second-order valence-corrected chi connectivity index (χ2v) is 4.25. The van der Waals surface area contributed by atoms with Gasteiger partial charge in [-0.25, -0.2) is 0 Å². The number of carbonyl (C=O) groups is 1. The molecule has 0 saturated heterocycles. The van der Waals surface area contributed by atoms with Gasteiger partial charge in [0.2, 0.25) is 0 Å². The first-order valence-electron chi connectivity index (χ1n) is 6.02. The number of aliphatic hydroxyl groups is 1. The first-order valence-corrected chi connectivity index (χ1v) is 6.02. The van der Waals surface area contributed by atoms with Crippen molar-refractivity contribution in [2.45, 2.75) is 6.04 Å². The first kappa shape index (κ1) is 14.5. The molecule has 0 aliphatic carbocycles. The van der Waals surface area contributed by atoms with Crippen LogP contribution in [0.25, 0.3) is 0 Å². The maximum atomic E-state index is 12.1. The molecule has 110 valence electrons. The van der Waals surface area contributed by atoms with Crippen LogP contribution in [0.2, 0.25) is 0 Å². The van der Waals surface area contributed by atoms with Crippen LogP contribution in [0.3, 0.4) is 0 Å². The zero-order valence-corrected chi connectivity index (χ0v) is 10.9. The summed E-state index contributed by atoms with van der Waals surface area (Å²) in [6, 6.07) is 6.23. The number of amides is 1. The van der Waals surface area contributed by atoms with Crippen LogP contribution in [-0.4, -0.2) is 22.5 Å². The van der Waals surface area contributed by atoms with E-state index >= 15 is 0 Å². The summed E-state index contributed by atoms with van der Waals surface area (Å²) < 4.78 is 5.10. The van der Waals surface area contributed by atoms with Crippen molar-refractivity contribution in [2.24, 2.45) is 0 Å². The van der Waals surface area contributed by atoms with E-state index in [0.29, 0.717) is 5.76 Å². The lowest BCUT2D eigenvalue weighted by Crippen LogP contribution is -2.30. The van der Waals surface area contributed by atoms with E-state index in [1.807, 2.05) is 0 Å². The van der Waals surface area contributed by atoms with Crippen LogP contribution in [0, 0.1) is 10.1 Å². The Labute approximate surface area is 119 Å². The zero-order chi connectivity index (χ0) is 15.4. The van der Waals surface area contributed by atoms with Gasteiger partial charge < -0.3 is 20.6 Å². The number of benzene rings is 1. The van der Waals surface area contributed by atoms with Crippen molar-refractivity contribution in [3.8, 4) is 0 Å². The molecule has 2 rings (SSSR count). The van der Waals surface area contributed by atoms with E-state index in [0.717, 1.165) is 6.07 Å². The molecule has 1 amide bonds. The van der Waals surface area contributed by atoms with Gasteiger partial charge in [0.1, 0.15) is 17.5 Å². The van der Waals surface area contributed by atoms with Gasteiger partial charge in [0, 0.05) is 11.6 Å². The van der Waals surface area contributed by atoms with Gasteiger partial charge in [-0.05, 0) is 24.3 Å². The first-order chi connectivity index (χ1) is 10.0. The molecule has 1 unspecified atom stereocenters. The number of nitrogen functional groups attached to an aromatic ring is 1. The van der Waals surface area contributed by atoms with Crippen molar-refractivity contribution < 1.29 is 19.2 Å².